The van der Waals surface area contributed by atoms with E-state index in [0.29, 0.717) is 24.2 Å². The Morgan fingerprint density at radius 1 is 0.889 bits per heavy atom. The number of nitrogens with one attached hydrogen (secondary N) is 1. The van der Waals surface area contributed by atoms with Gasteiger partial charge < -0.3 is 26.4 Å². The number of aromatic carboxylic acids is 1. The van der Waals surface area contributed by atoms with E-state index in [1.807, 2.05) is 46.9 Å². The molecule has 0 aromatic heterocycles. The van der Waals surface area contributed by atoms with Crippen LogP contribution in [0.2, 0.25) is 0 Å². The Hall–Kier alpha value is -1.28. The highest BCUT2D eigenvalue weighted by atomic mass is 127. The normalized spacial score (nSPS) is 9.22. The van der Waals surface area contributed by atoms with Crippen molar-refractivity contribution < 1.29 is 24.9 Å². The Morgan fingerprint density at radius 3 is 1.67 bits per heavy atom. The van der Waals surface area contributed by atoms with Gasteiger partial charge in [-0.1, -0.05) is 24.3 Å². The van der Waals surface area contributed by atoms with Crippen LogP contribution in [-0.2, 0) is 0 Å². The van der Waals surface area contributed by atoms with E-state index in [1.54, 1.807) is 24.3 Å². The number of benzene rings is 2. The summed E-state index contributed by atoms with van der Waals surface area (Å²) in [6, 6.07) is 14.2. The molecule has 0 saturated heterocycles. The minimum atomic E-state index is -0.870. The Morgan fingerprint density at radius 2 is 1.33 bits per heavy atom. The molecule has 0 atom stereocenters. The third kappa shape index (κ3) is 11.2. The summed E-state index contributed by atoms with van der Waals surface area (Å²) in [5.41, 5.74) is 5.79. The Bertz CT molecular complexity index is 712. The van der Waals surface area contributed by atoms with Crippen LogP contribution in [0.3, 0.4) is 0 Å². The van der Waals surface area contributed by atoms with Gasteiger partial charge in [0, 0.05) is 20.2 Å². The number of carboxylic acids is 1. The van der Waals surface area contributed by atoms with Crippen LogP contribution in [0.5, 0.6) is 0 Å². The molecule has 2 aromatic rings. The molecule has 27 heavy (non-hydrogen) atoms. The highest BCUT2D eigenvalue weighted by Gasteiger charge is 2.07. The van der Waals surface area contributed by atoms with Gasteiger partial charge in [-0.2, -0.15) is 0 Å². The maximum absolute atomic E-state index is 11.4. The number of nitrogens with two attached hydrogens (primary N) is 1. The van der Waals surface area contributed by atoms with Gasteiger partial charge in [0.2, 0.25) is 0 Å². The molecule has 0 heterocycles. The monoisotopic (exact) mass is 600 g/mol. The summed E-state index contributed by atoms with van der Waals surface area (Å²) in [4.78, 5) is 21.8. The highest BCUT2D eigenvalue weighted by molar-refractivity contribution is 14.1. The summed E-state index contributed by atoms with van der Waals surface area (Å²) < 4.78 is 1.68. The Labute approximate surface area is 185 Å². The van der Waals surface area contributed by atoms with Crippen molar-refractivity contribution in [3.8, 4) is 0 Å². The van der Waals surface area contributed by atoms with Crippen molar-refractivity contribution in [2.24, 2.45) is 5.73 Å². The van der Waals surface area contributed by atoms with E-state index in [4.69, 9.17) is 21.1 Å². The first kappa shape index (κ1) is 25.7. The summed E-state index contributed by atoms with van der Waals surface area (Å²) >= 11 is 4.10. The van der Waals surface area contributed by atoms with Crippen LogP contribution in [0.15, 0.2) is 48.5 Å². The number of carbonyl (C=O) groups excluding carboxylic acids is 1. The largest absolute Gasteiger partial charge is 0.478 e. The van der Waals surface area contributed by atoms with Gasteiger partial charge >= 0.3 is 5.97 Å². The van der Waals surface area contributed by atoms with E-state index in [9.17, 15) is 9.59 Å². The average molecular weight is 600 g/mol. The molecule has 148 valence electrons. The lowest BCUT2D eigenvalue weighted by atomic mass is 10.2. The Kier molecular flexibility index (Phi) is 15.0. The summed E-state index contributed by atoms with van der Waals surface area (Å²) in [6.07, 6.45) is 0. The first-order valence-corrected chi connectivity index (χ1v) is 9.97. The van der Waals surface area contributed by atoms with Crippen molar-refractivity contribution in [2.75, 3.05) is 26.3 Å². The van der Waals surface area contributed by atoms with Gasteiger partial charge in [-0.05, 0) is 69.4 Å². The van der Waals surface area contributed by atoms with E-state index in [0.717, 1.165) is 7.14 Å². The summed E-state index contributed by atoms with van der Waals surface area (Å²) in [5, 5.41) is 27.4. The minimum Gasteiger partial charge on any atom is -0.478 e. The van der Waals surface area contributed by atoms with E-state index in [-0.39, 0.29) is 19.1 Å². The zero-order valence-corrected chi connectivity index (χ0v) is 18.8. The number of hydrogen-bond donors (Lipinski definition) is 5. The van der Waals surface area contributed by atoms with Crippen LogP contribution < -0.4 is 11.1 Å². The van der Waals surface area contributed by atoms with E-state index >= 15 is 0 Å². The number of carboxylic acid groups (broad SMARTS) is 1. The molecule has 0 aliphatic rings. The van der Waals surface area contributed by atoms with E-state index in [1.165, 1.54) is 0 Å². The Balaban J connectivity index is 0.000000428. The molecule has 0 bridgehead atoms. The molecule has 0 fully saturated rings. The van der Waals surface area contributed by atoms with Crippen LogP contribution in [-0.4, -0.2) is 53.5 Å². The van der Waals surface area contributed by atoms with Crippen molar-refractivity contribution in [1.82, 2.24) is 5.32 Å². The van der Waals surface area contributed by atoms with Gasteiger partial charge in [0.05, 0.1) is 24.3 Å². The van der Waals surface area contributed by atoms with E-state index < -0.39 is 5.97 Å². The van der Waals surface area contributed by atoms with Crippen LogP contribution in [0.1, 0.15) is 20.7 Å². The highest BCUT2D eigenvalue weighted by Crippen LogP contribution is 2.11. The summed E-state index contributed by atoms with van der Waals surface area (Å²) in [6.45, 7) is 0.735. The predicted molar refractivity (Wildman–Crippen MR) is 121 cm³/mol. The average Bonchev–Trinajstić information content (AvgIpc) is 2.67. The fourth-order valence-corrected chi connectivity index (χ4v) is 2.80. The van der Waals surface area contributed by atoms with Crippen LogP contribution in [0, 0.1) is 7.14 Å². The molecule has 0 aliphatic carbocycles. The predicted octanol–water partition coefficient (Wildman–Crippen LogP) is 1.94. The number of halogens is 2. The van der Waals surface area contributed by atoms with Crippen molar-refractivity contribution in [3.05, 3.63) is 66.8 Å². The summed E-state index contributed by atoms with van der Waals surface area (Å²) in [5.74, 6) is -1.01. The summed E-state index contributed by atoms with van der Waals surface area (Å²) in [7, 11) is 0. The van der Waals surface area contributed by atoms with Crippen LogP contribution in [0.4, 0.5) is 0 Å². The van der Waals surface area contributed by atoms with Gasteiger partial charge in [-0.25, -0.2) is 4.79 Å². The number of amides is 1. The van der Waals surface area contributed by atoms with Gasteiger partial charge in [-0.15, -0.1) is 0 Å². The molecule has 0 saturated carbocycles. The second kappa shape index (κ2) is 15.7. The number of hydrogen-bond acceptors (Lipinski definition) is 5. The van der Waals surface area contributed by atoms with Crippen molar-refractivity contribution in [2.45, 2.75) is 0 Å². The number of aliphatic hydroxyl groups is 2. The van der Waals surface area contributed by atoms with Gasteiger partial charge in [-0.3, -0.25) is 4.79 Å². The third-order valence-corrected chi connectivity index (χ3v) is 4.63. The topological polar surface area (TPSA) is 133 Å². The minimum absolute atomic E-state index is 0.0326. The second-order valence-electron chi connectivity index (χ2n) is 4.76. The first-order valence-electron chi connectivity index (χ1n) is 7.81. The lowest BCUT2D eigenvalue weighted by Crippen LogP contribution is -2.26. The molecular formula is C18H22I2N2O5. The fourth-order valence-electron chi connectivity index (χ4n) is 1.54. The zero-order chi connectivity index (χ0) is 20.7. The SMILES string of the molecule is NCCO.O=C(NCCO)c1ccccc1I.O=C(O)c1ccccc1I. The standard InChI is InChI=1S/C9H10INO2.C7H5IO2.C2H7NO/c10-8-4-2-1-3-7(8)9(13)11-5-6-12;8-6-4-2-1-3-5(6)7(9)10;3-1-2-4/h1-4,12H,5-6H2,(H,11,13);1-4H,(H,9,10);4H,1-3H2. The fraction of sp³-hybridized carbons (Fsp3) is 0.222. The lowest BCUT2D eigenvalue weighted by Gasteiger charge is -2.04. The first-order chi connectivity index (χ1) is 12.9. The maximum atomic E-state index is 11.4. The molecule has 0 unspecified atom stereocenters. The second-order valence-corrected chi connectivity index (χ2v) is 7.08. The van der Waals surface area contributed by atoms with Crippen LogP contribution in [0.25, 0.3) is 0 Å². The van der Waals surface area contributed by atoms with Gasteiger partial charge in [0.25, 0.3) is 5.91 Å². The quantitative estimate of drug-likeness (QED) is 0.334. The zero-order valence-electron chi connectivity index (χ0n) is 14.4. The molecule has 2 rings (SSSR count). The van der Waals surface area contributed by atoms with Crippen molar-refractivity contribution in [1.29, 1.82) is 0 Å². The lowest BCUT2D eigenvalue weighted by molar-refractivity contribution is 0.0695. The number of aliphatic hydroxyl groups excluding tert-OH is 2. The number of rotatable bonds is 5. The molecule has 1 amide bonds. The van der Waals surface area contributed by atoms with Gasteiger partial charge in [0.15, 0.2) is 0 Å². The smallest absolute Gasteiger partial charge is 0.336 e. The maximum Gasteiger partial charge on any atom is 0.336 e. The molecule has 6 N–H and O–H groups in total. The molecule has 9 heteroatoms. The third-order valence-electron chi connectivity index (χ3n) is 2.75. The molecule has 0 aliphatic heterocycles. The molecule has 0 spiro atoms. The van der Waals surface area contributed by atoms with Crippen molar-refractivity contribution >= 4 is 57.1 Å². The molecular weight excluding hydrogens is 578 g/mol. The molecule has 7 nitrogen and oxygen atoms in total. The molecule has 0 radical (unpaired) electrons. The van der Waals surface area contributed by atoms with E-state index in [2.05, 4.69) is 27.9 Å². The van der Waals surface area contributed by atoms with Crippen molar-refractivity contribution in [3.63, 3.8) is 0 Å². The number of carbonyl (C=O) groups is 2. The molecule has 2 aromatic carbocycles. The van der Waals surface area contributed by atoms with Crippen LogP contribution >= 0.6 is 45.2 Å². The van der Waals surface area contributed by atoms with Gasteiger partial charge in [0.1, 0.15) is 0 Å².